The first-order valence-electron chi connectivity index (χ1n) is 19.1. The predicted molar refractivity (Wildman–Crippen MR) is 207 cm³/mol. The molecule has 0 aromatic rings. The monoisotopic (exact) mass is 690 g/mol. The summed E-state index contributed by atoms with van der Waals surface area (Å²) in [5.74, 6) is -1.04. The molecule has 0 aliphatic rings. The number of amides is 1. The van der Waals surface area contributed by atoms with Crippen LogP contribution in [0.4, 0.5) is 0 Å². The lowest BCUT2D eigenvalue weighted by Gasteiger charge is -2.21. The van der Waals surface area contributed by atoms with Crippen LogP contribution >= 0.6 is 0 Å². The van der Waals surface area contributed by atoms with Crippen LogP contribution in [-0.4, -0.2) is 41.9 Å². The zero-order valence-corrected chi connectivity index (χ0v) is 31.4. The lowest BCUT2D eigenvalue weighted by molar-refractivity contribution is -0.122. The van der Waals surface area contributed by atoms with Crippen molar-refractivity contribution >= 4 is 16.0 Å². The topological polar surface area (TPSA) is 104 Å². The van der Waals surface area contributed by atoms with Crippen molar-refractivity contribution in [2.45, 2.75) is 174 Å². The van der Waals surface area contributed by atoms with E-state index in [9.17, 15) is 22.9 Å². The van der Waals surface area contributed by atoms with Gasteiger partial charge < -0.3 is 10.4 Å². The fourth-order valence-corrected chi connectivity index (χ4v) is 5.99. The van der Waals surface area contributed by atoms with Crippen molar-refractivity contribution in [3.8, 4) is 0 Å². The van der Waals surface area contributed by atoms with Crippen LogP contribution in [0.3, 0.4) is 0 Å². The Balaban J connectivity index is 4.10. The van der Waals surface area contributed by atoms with E-state index in [1.165, 1.54) is 63.9 Å². The number of hydrogen-bond donors (Lipinski definition) is 3. The van der Waals surface area contributed by atoms with Gasteiger partial charge in [0.15, 0.2) is 0 Å². The number of carbonyl (C=O) groups is 1. The van der Waals surface area contributed by atoms with Crippen LogP contribution in [0.15, 0.2) is 72.9 Å². The van der Waals surface area contributed by atoms with Crippen LogP contribution in [0.5, 0.6) is 0 Å². The highest BCUT2D eigenvalue weighted by Gasteiger charge is 2.24. The molecule has 0 heterocycles. The summed E-state index contributed by atoms with van der Waals surface area (Å²) < 4.78 is 32.4. The van der Waals surface area contributed by atoms with Crippen LogP contribution < -0.4 is 5.32 Å². The van der Waals surface area contributed by atoms with Crippen molar-refractivity contribution in [1.82, 2.24) is 5.32 Å². The van der Waals surface area contributed by atoms with Gasteiger partial charge in [0.2, 0.25) is 5.91 Å². The van der Waals surface area contributed by atoms with Gasteiger partial charge in [-0.3, -0.25) is 9.35 Å². The van der Waals surface area contributed by atoms with Crippen molar-refractivity contribution in [3.63, 3.8) is 0 Å². The van der Waals surface area contributed by atoms with Crippen molar-refractivity contribution in [2.24, 2.45) is 0 Å². The summed E-state index contributed by atoms with van der Waals surface area (Å²) in [6.45, 7) is 4.39. The molecule has 0 fully saturated rings. The molecule has 0 rings (SSSR count). The third-order valence-corrected chi connectivity index (χ3v) is 8.87. The number of rotatable bonds is 33. The Kier molecular flexibility index (Phi) is 33.0. The molecule has 48 heavy (non-hydrogen) atoms. The molecule has 2 unspecified atom stereocenters. The molecule has 6 nitrogen and oxygen atoms in total. The Bertz CT molecular complexity index is 1030. The smallest absolute Gasteiger partial charge is 0.267 e. The highest BCUT2D eigenvalue weighted by molar-refractivity contribution is 7.85. The molecular formula is C41H71NO5S. The van der Waals surface area contributed by atoms with E-state index in [4.69, 9.17) is 0 Å². The molecule has 2 atom stereocenters. The minimum atomic E-state index is -4.36. The number of aliphatic hydroxyl groups excluding tert-OH is 1. The highest BCUT2D eigenvalue weighted by Crippen LogP contribution is 2.11. The molecule has 7 heteroatoms. The van der Waals surface area contributed by atoms with E-state index in [0.29, 0.717) is 12.8 Å². The van der Waals surface area contributed by atoms with Crippen LogP contribution in [0.1, 0.15) is 162 Å². The lowest BCUT2D eigenvalue weighted by Crippen LogP contribution is -2.46. The Morgan fingerprint density at radius 3 is 1.56 bits per heavy atom. The summed E-state index contributed by atoms with van der Waals surface area (Å²) in [4.78, 5) is 12.5. The molecular weight excluding hydrogens is 619 g/mol. The second-order valence-corrected chi connectivity index (χ2v) is 14.3. The first-order chi connectivity index (χ1) is 23.3. The largest absolute Gasteiger partial charge is 0.387 e. The Morgan fingerprint density at radius 2 is 1.02 bits per heavy atom. The minimum absolute atomic E-state index is 0.261. The van der Waals surface area contributed by atoms with Crippen molar-refractivity contribution in [1.29, 1.82) is 0 Å². The Hall–Kier alpha value is -2.22. The van der Waals surface area contributed by atoms with E-state index in [1.807, 2.05) is 0 Å². The summed E-state index contributed by atoms with van der Waals surface area (Å²) in [5, 5.41) is 13.2. The van der Waals surface area contributed by atoms with E-state index >= 15 is 0 Å². The fourth-order valence-electron chi connectivity index (χ4n) is 5.26. The SMILES string of the molecule is CC/C=C\C/C=C\C/C=C\CCCCCCCC(=O)NC(CS(=O)(=O)O)C(O)/C=C/CC/C=C/CC/C=C/CCCCCCCCCC. The summed E-state index contributed by atoms with van der Waals surface area (Å²) >= 11 is 0. The zero-order valence-electron chi connectivity index (χ0n) is 30.6. The molecule has 0 saturated heterocycles. The van der Waals surface area contributed by atoms with E-state index < -0.39 is 28.0 Å². The van der Waals surface area contributed by atoms with Gasteiger partial charge in [-0.05, 0) is 77.0 Å². The summed E-state index contributed by atoms with van der Waals surface area (Å²) in [6, 6.07) is -1.09. The van der Waals surface area contributed by atoms with Gasteiger partial charge in [0, 0.05) is 6.42 Å². The molecule has 0 saturated carbocycles. The van der Waals surface area contributed by atoms with Gasteiger partial charge in [-0.15, -0.1) is 0 Å². The van der Waals surface area contributed by atoms with Crippen molar-refractivity contribution in [2.75, 3.05) is 5.75 Å². The number of unbranched alkanes of at least 4 members (excludes halogenated alkanes) is 15. The molecule has 0 radical (unpaired) electrons. The molecule has 3 N–H and O–H groups in total. The van der Waals surface area contributed by atoms with E-state index in [-0.39, 0.29) is 12.3 Å². The first-order valence-corrected chi connectivity index (χ1v) is 20.7. The van der Waals surface area contributed by atoms with Gasteiger partial charge in [0.25, 0.3) is 10.1 Å². The van der Waals surface area contributed by atoms with Crippen LogP contribution in [0.25, 0.3) is 0 Å². The lowest BCUT2D eigenvalue weighted by atomic mass is 10.1. The molecule has 0 aromatic carbocycles. The average Bonchev–Trinajstić information content (AvgIpc) is 3.05. The first kappa shape index (κ1) is 45.8. The molecule has 276 valence electrons. The average molecular weight is 690 g/mol. The molecule has 0 aliphatic heterocycles. The van der Waals surface area contributed by atoms with E-state index in [2.05, 4.69) is 79.9 Å². The molecule has 0 spiro atoms. The summed E-state index contributed by atoms with van der Waals surface area (Å²) in [7, 11) is -4.36. The summed E-state index contributed by atoms with van der Waals surface area (Å²) in [5.41, 5.74) is 0. The number of aliphatic hydroxyl groups is 1. The standard InChI is InChI=1S/C41H71NO5S/c1-3-5-7-9-11-13-15-17-19-20-21-23-24-26-28-30-32-34-36-40(43)39(38-48(45,46)47)42-41(44)37-35-33-31-29-27-25-22-18-16-14-12-10-8-6-4-2/h6,8,12,14,18,20-22,26,28,34,36,39-40,43H,3-5,7,9-11,13,15-17,19,23-25,27,29-33,35,37-38H2,1-2H3,(H,42,44)(H,45,46,47)/b8-6-,14-12-,21-20+,22-18-,28-26+,36-34+. The van der Waals surface area contributed by atoms with E-state index in [1.54, 1.807) is 6.08 Å². The van der Waals surface area contributed by atoms with Gasteiger partial charge in [-0.25, -0.2) is 0 Å². The van der Waals surface area contributed by atoms with Crippen LogP contribution in [0.2, 0.25) is 0 Å². The van der Waals surface area contributed by atoms with Gasteiger partial charge in [0.1, 0.15) is 0 Å². The van der Waals surface area contributed by atoms with Gasteiger partial charge >= 0.3 is 0 Å². The maximum Gasteiger partial charge on any atom is 0.267 e. The number of allylic oxidation sites excluding steroid dienone is 11. The van der Waals surface area contributed by atoms with Crippen molar-refractivity contribution < 1.29 is 22.9 Å². The maximum atomic E-state index is 12.5. The second-order valence-electron chi connectivity index (χ2n) is 12.8. The molecule has 0 aromatic heterocycles. The van der Waals surface area contributed by atoms with Crippen LogP contribution in [0, 0.1) is 0 Å². The third kappa shape index (κ3) is 35.1. The van der Waals surface area contributed by atoms with Gasteiger partial charge in [0.05, 0.1) is 17.9 Å². The Morgan fingerprint density at radius 1 is 0.583 bits per heavy atom. The molecule has 0 aliphatic carbocycles. The predicted octanol–water partition coefficient (Wildman–Crippen LogP) is 11.1. The normalized spacial score (nSPS) is 14.2. The fraction of sp³-hybridized carbons (Fsp3) is 0.683. The quantitative estimate of drug-likeness (QED) is 0.0361. The van der Waals surface area contributed by atoms with Gasteiger partial charge in [-0.1, -0.05) is 151 Å². The van der Waals surface area contributed by atoms with Crippen molar-refractivity contribution in [3.05, 3.63) is 72.9 Å². The number of hydrogen-bond acceptors (Lipinski definition) is 4. The zero-order chi connectivity index (χ0) is 35.4. The second kappa shape index (κ2) is 34.6. The maximum absolute atomic E-state index is 12.5. The third-order valence-electron chi connectivity index (χ3n) is 8.09. The van der Waals surface area contributed by atoms with Crippen LogP contribution in [-0.2, 0) is 14.9 Å². The Labute approximate surface area is 295 Å². The summed E-state index contributed by atoms with van der Waals surface area (Å²) in [6.07, 6.45) is 48.8. The molecule has 1 amide bonds. The number of carbonyl (C=O) groups excluding carboxylic acids is 1. The molecule has 0 bridgehead atoms. The van der Waals surface area contributed by atoms with E-state index in [0.717, 1.165) is 70.6 Å². The highest BCUT2D eigenvalue weighted by atomic mass is 32.2. The minimum Gasteiger partial charge on any atom is -0.387 e. The number of nitrogens with one attached hydrogen (secondary N) is 1. The van der Waals surface area contributed by atoms with Gasteiger partial charge in [-0.2, -0.15) is 8.42 Å².